The highest BCUT2D eigenvalue weighted by atomic mass is 16.5. The molecule has 1 aliphatic rings. The number of piperidine rings is 1. The number of nitrogens with one attached hydrogen (secondary N) is 1. The van der Waals surface area contributed by atoms with Gasteiger partial charge in [0, 0.05) is 12.6 Å². The van der Waals surface area contributed by atoms with Gasteiger partial charge < -0.3 is 14.5 Å². The van der Waals surface area contributed by atoms with E-state index < -0.39 is 5.97 Å². The summed E-state index contributed by atoms with van der Waals surface area (Å²) in [5.41, 5.74) is 0. The molecule has 118 valence electrons. The molecule has 0 saturated carbocycles. The van der Waals surface area contributed by atoms with Crippen molar-refractivity contribution in [3.05, 3.63) is 23.7 Å². The van der Waals surface area contributed by atoms with Crippen LogP contribution in [0.2, 0.25) is 0 Å². The third-order valence-corrected chi connectivity index (χ3v) is 3.85. The van der Waals surface area contributed by atoms with Gasteiger partial charge in [-0.1, -0.05) is 13.8 Å². The predicted molar refractivity (Wildman–Crippen MR) is 81.2 cm³/mol. The predicted octanol–water partition coefficient (Wildman–Crippen LogP) is 2.28. The minimum absolute atomic E-state index is 0.280. The van der Waals surface area contributed by atoms with Gasteiger partial charge in [0.25, 0.3) is 0 Å². The topological polar surface area (TPSA) is 54.7 Å². The van der Waals surface area contributed by atoms with Crippen LogP contribution in [-0.4, -0.2) is 43.7 Å². The summed E-state index contributed by atoms with van der Waals surface area (Å²) in [6.07, 6.45) is 2.50. The van der Waals surface area contributed by atoms with Crippen molar-refractivity contribution in [3.8, 4) is 0 Å². The van der Waals surface area contributed by atoms with Crippen molar-refractivity contribution in [2.24, 2.45) is 5.92 Å². The van der Waals surface area contributed by atoms with E-state index in [9.17, 15) is 4.79 Å². The van der Waals surface area contributed by atoms with Gasteiger partial charge in [-0.25, -0.2) is 4.79 Å². The second-order valence-corrected chi connectivity index (χ2v) is 6.06. The second-order valence-electron chi connectivity index (χ2n) is 6.06. The molecule has 1 saturated heterocycles. The first-order valence-corrected chi connectivity index (χ1v) is 7.71. The van der Waals surface area contributed by atoms with Gasteiger partial charge in [0.1, 0.15) is 5.76 Å². The van der Waals surface area contributed by atoms with E-state index in [-0.39, 0.29) is 5.76 Å². The van der Waals surface area contributed by atoms with Crippen LogP contribution in [0.4, 0.5) is 0 Å². The van der Waals surface area contributed by atoms with Gasteiger partial charge in [-0.05, 0) is 44.0 Å². The Kier molecular flexibility index (Phi) is 5.82. The molecule has 1 aliphatic heterocycles. The van der Waals surface area contributed by atoms with Gasteiger partial charge >= 0.3 is 5.97 Å². The third kappa shape index (κ3) is 4.86. The minimum atomic E-state index is -0.418. The molecule has 1 aromatic heterocycles. The van der Waals surface area contributed by atoms with Gasteiger partial charge in [-0.15, -0.1) is 0 Å². The SMILES string of the molecule is COC(=O)c1ccc(CN2CCCC(CNC(C)C)C2)o1. The van der Waals surface area contributed by atoms with Crippen molar-refractivity contribution in [2.45, 2.75) is 39.3 Å². The number of likely N-dealkylation sites (tertiary alicyclic amines) is 1. The summed E-state index contributed by atoms with van der Waals surface area (Å²) in [5, 5.41) is 3.51. The molecule has 0 aliphatic carbocycles. The summed E-state index contributed by atoms with van der Waals surface area (Å²) in [7, 11) is 1.36. The Hall–Kier alpha value is -1.33. The van der Waals surface area contributed by atoms with Crippen LogP contribution < -0.4 is 5.32 Å². The Morgan fingerprint density at radius 3 is 3.05 bits per heavy atom. The lowest BCUT2D eigenvalue weighted by Crippen LogP contribution is -2.40. The Bertz CT molecular complexity index is 456. The fourth-order valence-electron chi connectivity index (χ4n) is 2.76. The van der Waals surface area contributed by atoms with E-state index in [0.717, 1.165) is 31.9 Å². The maximum Gasteiger partial charge on any atom is 0.373 e. The van der Waals surface area contributed by atoms with E-state index in [4.69, 9.17) is 4.42 Å². The van der Waals surface area contributed by atoms with Crippen molar-refractivity contribution in [2.75, 3.05) is 26.7 Å². The molecule has 0 aromatic carbocycles. The summed E-state index contributed by atoms with van der Waals surface area (Å²) in [6.45, 7) is 8.35. The van der Waals surface area contributed by atoms with Crippen molar-refractivity contribution in [1.82, 2.24) is 10.2 Å². The van der Waals surface area contributed by atoms with Crippen LogP contribution in [0.3, 0.4) is 0 Å². The number of ether oxygens (including phenoxy) is 1. The number of rotatable bonds is 6. The molecule has 0 radical (unpaired) electrons. The lowest BCUT2D eigenvalue weighted by Gasteiger charge is -2.32. The standard InChI is InChI=1S/C16H26N2O3/c1-12(2)17-9-13-5-4-8-18(10-13)11-14-6-7-15(21-14)16(19)20-3/h6-7,12-13,17H,4-5,8-11H2,1-3H3. The van der Waals surface area contributed by atoms with Crippen molar-refractivity contribution in [1.29, 1.82) is 0 Å². The summed E-state index contributed by atoms with van der Waals surface area (Å²) in [5.74, 6) is 1.38. The Balaban J connectivity index is 1.84. The smallest absolute Gasteiger partial charge is 0.373 e. The van der Waals surface area contributed by atoms with Crippen LogP contribution >= 0.6 is 0 Å². The Morgan fingerprint density at radius 2 is 2.33 bits per heavy atom. The number of methoxy groups -OCH3 is 1. The van der Waals surface area contributed by atoms with E-state index in [1.54, 1.807) is 6.07 Å². The molecule has 2 heterocycles. The molecule has 1 unspecified atom stereocenters. The highest BCUT2D eigenvalue weighted by Gasteiger charge is 2.21. The Morgan fingerprint density at radius 1 is 1.52 bits per heavy atom. The monoisotopic (exact) mass is 294 g/mol. The highest BCUT2D eigenvalue weighted by molar-refractivity contribution is 5.86. The zero-order valence-corrected chi connectivity index (χ0v) is 13.2. The molecule has 21 heavy (non-hydrogen) atoms. The molecule has 1 aromatic rings. The van der Waals surface area contributed by atoms with E-state index in [0.29, 0.717) is 12.0 Å². The zero-order valence-electron chi connectivity index (χ0n) is 13.2. The molecule has 0 amide bonds. The van der Waals surface area contributed by atoms with Gasteiger partial charge in [0.15, 0.2) is 0 Å². The maximum absolute atomic E-state index is 11.4. The molecule has 5 nitrogen and oxygen atoms in total. The first-order valence-electron chi connectivity index (χ1n) is 7.71. The average molecular weight is 294 g/mol. The largest absolute Gasteiger partial charge is 0.463 e. The summed E-state index contributed by atoms with van der Waals surface area (Å²) in [4.78, 5) is 13.8. The lowest BCUT2D eigenvalue weighted by molar-refractivity contribution is 0.0560. The first kappa shape index (κ1) is 16.0. The fourth-order valence-corrected chi connectivity index (χ4v) is 2.76. The Labute approximate surface area is 126 Å². The van der Waals surface area contributed by atoms with Crippen molar-refractivity contribution < 1.29 is 13.9 Å². The van der Waals surface area contributed by atoms with E-state index in [2.05, 4.69) is 28.8 Å². The summed E-state index contributed by atoms with van der Waals surface area (Å²) < 4.78 is 10.2. The number of furan rings is 1. The molecular formula is C16H26N2O3. The van der Waals surface area contributed by atoms with Gasteiger partial charge in [0.2, 0.25) is 5.76 Å². The molecule has 0 bridgehead atoms. The molecule has 0 spiro atoms. The summed E-state index contributed by atoms with van der Waals surface area (Å²) >= 11 is 0. The molecule has 5 heteroatoms. The number of hydrogen-bond donors (Lipinski definition) is 1. The first-order chi connectivity index (χ1) is 10.1. The maximum atomic E-state index is 11.4. The highest BCUT2D eigenvalue weighted by Crippen LogP contribution is 2.19. The molecular weight excluding hydrogens is 268 g/mol. The van der Waals surface area contributed by atoms with E-state index in [1.165, 1.54) is 20.0 Å². The van der Waals surface area contributed by atoms with E-state index >= 15 is 0 Å². The van der Waals surface area contributed by atoms with Crippen LogP contribution in [0, 0.1) is 5.92 Å². The number of esters is 1. The van der Waals surface area contributed by atoms with E-state index in [1.807, 2.05) is 6.07 Å². The van der Waals surface area contributed by atoms with Gasteiger partial charge in [-0.2, -0.15) is 0 Å². The fraction of sp³-hybridized carbons (Fsp3) is 0.688. The molecule has 1 N–H and O–H groups in total. The molecule has 1 fully saturated rings. The zero-order chi connectivity index (χ0) is 15.2. The normalized spacial score (nSPS) is 19.9. The van der Waals surface area contributed by atoms with Gasteiger partial charge in [-0.3, -0.25) is 4.90 Å². The number of carbonyl (C=O) groups excluding carboxylic acids is 1. The van der Waals surface area contributed by atoms with Gasteiger partial charge in [0.05, 0.1) is 13.7 Å². The summed E-state index contributed by atoms with van der Waals surface area (Å²) in [6, 6.07) is 4.08. The second kappa shape index (κ2) is 7.61. The molecule has 2 rings (SSSR count). The van der Waals surface area contributed by atoms with Crippen molar-refractivity contribution in [3.63, 3.8) is 0 Å². The van der Waals surface area contributed by atoms with Crippen LogP contribution in [-0.2, 0) is 11.3 Å². The number of nitrogens with zero attached hydrogens (tertiary/aromatic N) is 1. The lowest BCUT2D eigenvalue weighted by atomic mass is 9.97. The minimum Gasteiger partial charge on any atom is -0.463 e. The molecule has 1 atom stereocenters. The van der Waals surface area contributed by atoms with Crippen LogP contribution in [0.15, 0.2) is 16.5 Å². The van der Waals surface area contributed by atoms with Crippen LogP contribution in [0.25, 0.3) is 0 Å². The van der Waals surface area contributed by atoms with Crippen LogP contribution in [0.1, 0.15) is 43.0 Å². The number of carbonyl (C=O) groups is 1. The van der Waals surface area contributed by atoms with Crippen LogP contribution in [0.5, 0.6) is 0 Å². The quantitative estimate of drug-likeness (QED) is 0.816. The number of hydrogen-bond acceptors (Lipinski definition) is 5. The average Bonchev–Trinajstić information content (AvgIpc) is 2.93. The third-order valence-electron chi connectivity index (χ3n) is 3.85. The van der Waals surface area contributed by atoms with Crippen molar-refractivity contribution >= 4 is 5.97 Å².